The number of benzene rings is 2. The number of hydrogen-bond acceptors (Lipinski definition) is 6. The van der Waals surface area contributed by atoms with E-state index in [4.69, 9.17) is 4.74 Å². The molecule has 0 spiro atoms. The topological polar surface area (TPSA) is 72.9 Å². The SMILES string of the molecule is O=C1OC(=O)N(C(=O)OCc2ccccc2)[C@H]1CSCc1ccccc1. The van der Waals surface area contributed by atoms with E-state index < -0.39 is 24.2 Å². The van der Waals surface area contributed by atoms with Gasteiger partial charge >= 0.3 is 18.2 Å². The fourth-order valence-corrected chi connectivity index (χ4v) is 3.49. The van der Waals surface area contributed by atoms with E-state index in [-0.39, 0.29) is 12.4 Å². The van der Waals surface area contributed by atoms with Crippen LogP contribution in [0.3, 0.4) is 0 Å². The standard InChI is InChI=1S/C19H17NO5S/c21-17-16(13-26-12-15-9-5-2-6-10-15)20(19(23)25-17)18(22)24-11-14-7-3-1-4-8-14/h1-10,16H,11-13H2/t16-/m0/s1. The highest BCUT2D eigenvalue weighted by molar-refractivity contribution is 7.98. The second kappa shape index (κ2) is 8.53. The highest BCUT2D eigenvalue weighted by Gasteiger charge is 2.46. The Morgan fingerprint density at radius 3 is 2.27 bits per heavy atom. The van der Waals surface area contributed by atoms with Crippen LogP contribution in [0.15, 0.2) is 60.7 Å². The molecule has 1 heterocycles. The molecule has 1 fully saturated rings. The second-order valence-corrected chi connectivity index (χ2v) is 6.64. The van der Waals surface area contributed by atoms with E-state index in [0.717, 1.165) is 16.0 Å². The summed E-state index contributed by atoms with van der Waals surface area (Å²) in [7, 11) is 0. The summed E-state index contributed by atoms with van der Waals surface area (Å²) in [5.74, 6) is 0.179. The van der Waals surface area contributed by atoms with E-state index >= 15 is 0 Å². The molecule has 0 aliphatic carbocycles. The van der Waals surface area contributed by atoms with E-state index in [1.165, 1.54) is 11.8 Å². The van der Waals surface area contributed by atoms with Gasteiger partial charge in [0.1, 0.15) is 6.61 Å². The van der Waals surface area contributed by atoms with Crippen LogP contribution in [0.25, 0.3) is 0 Å². The molecule has 2 aromatic rings. The summed E-state index contributed by atoms with van der Waals surface area (Å²) in [6.07, 6.45) is -1.87. The van der Waals surface area contributed by atoms with E-state index in [2.05, 4.69) is 4.74 Å². The van der Waals surface area contributed by atoms with Gasteiger partial charge in [-0.15, -0.1) is 0 Å². The fourth-order valence-electron chi connectivity index (χ4n) is 2.43. The Morgan fingerprint density at radius 1 is 1.00 bits per heavy atom. The van der Waals surface area contributed by atoms with Crippen molar-refractivity contribution in [2.45, 2.75) is 18.4 Å². The lowest BCUT2D eigenvalue weighted by atomic mass is 10.2. The molecule has 1 atom stereocenters. The number of thioether (sulfide) groups is 1. The van der Waals surface area contributed by atoms with Gasteiger partial charge in [0.25, 0.3) is 0 Å². The van der Waals surface area contributed by atoms with Crippen molar-refractivity contribution >= 4 is 29.9 Å². The quantitative estimate of drug-likeness (QED) is 0.571. The number of amides is 2. The monoisotopic (exact) mass is 371 g/mol. The summed E-state index contributed by atoms with van der Waals surface area (Å²) in [5, 5.41) is 0. The van der Waals surface area contributed by atoms with Crippen molar-refractivity contribution in [3.8, 4) is 0 Å². The van der Waals surface area contributed by atoms with Crippen LogP contribution in [0.1, 0.15) is 11.1 Å². The number of rotatable bonds is 6. The Kier molecular flexibility index (Phi) is 5.91. The van der Waals surface area contributed by atoms with Crippen LogP contribution in [-0.4, -0.2) is 34.9 Å². The highest BCUT2D eigenvalue weighted by Crippen LogP contribution is 2.22. The molecule has 1 aliphatic heterocycles. The molecule has 0 N–H and O–H groups in total. The minimum absolute atomic E-state index is 0.0154. The second-order valence-electron chi connectivity index (χ2n) is 5.61. The van der Waals surface area contributed by atoms with Crippen LogP contribution in [0.5, 0.6) is 0 Å². The number of imide groups is 1. The van der Waals surface area contributed by atoms with Crippen molar-refractivity contribution in [2.75, 3.05) is 5.75 Å². The summed E-state index contributed by atoms with van der Waals surface area (Å²) < 4.78 is 9.75. The number of hydrogen-bond donors (Lipinski definition) is 0. The van der Waals surface area contributed by atoms with E-state index in [0.29, 0.717) is 5.75 Å². The predicted molar refractivity (Wildman–Crippen MR) is 96.3 cm³/mol. The smallest absolute Gasteiger partial charge is 0.427 e. The first-order chi connectivity index (χ1) is 12.6. The lowest BCUT2D eigenvalue weighted by Crippen LogP contribution is -2.41. The highest BCUT2D eigenvalue weighted by atomic mass is 32.2. The molecule has 0 saturated carbocycles. The van der Waals surface area contributed by atoms with Gasteiger partial charge in [-0.1, -0.05) is 60.7 Å². The van der Waals surface area contributed by atoms with Crippen LogP contribution < -0.4 is 0 Å². The average Bonchev–Trinajstić information content (AvgIpc) is 2.95. The summed E-state index contributed by atoms with van der Waals surface area (Å²) in [4.78, 5) is 36.8. The Hall–Kier alpha value is -2.80. The first-order valence-corrected chi connectivity index (χ1v) is 9.18. The van der Waals surface area contributed by atoms with Crippen molar-refractivity contribution in [3.63, 3.8) is 0 Å². The van der Waals surface area contributed by atoms with Crippen LogP contribution in [0, 0.1) is 0 Å². The minimum Gasteiger partial charge on any atom is -0.444 e. The number of nitrogens with zero attached hydrogens (tertiary/aromatic N) is 1. The molecular weight excluding hydrogens is 354 g/mol. The van der Waals surface area contributed by atoms with E-state index in [9.17, 15) is 14.4 Å². The number of carbonyl (C=O) groups excluding carboxylic acids is 3. The zero-order chi connectivity index (χ0) is 18.4. The third-order valence-electron chi connectivity index (χ3n) is 3.76. The van der Waals surface area contributed by atoms with Crippen molar-refractivity contribution in [1.29, 1.82) is 0 Å². The Balaban J connectivity index is 1.57. The molecule has 26 heavy (non-hydrogen) atoms. The zero-order valence-electron chi connectivity index (χ0n) is 13.9. The maximum Gasteiger partial charge on any atom is 0.427 e. The van der Waals surface area contributed by atoms with E-state index in [1.807, 2.05) is 48.5 Å². The van der Waals surface area contributed by atoms with Gasteiger partial charge in [0.05, 0.1) is 0 Å². The Labute approximate surface area is 155 Å². The van der Waals surface area contributed by atoms with Gasteiger partial charge in [0.2, 0.25) is 0 Å². The van der Waals surface area contributed by atoms with Gasteiger partial charge in [0.15, 0.2) is 6.04 Å². The average molecular weight is 371 g/mol. The zero-order valence-corrected chi connectivity index (χ0v) is 14.7. The molecule has 0 aromatic heterocycles. The molecule has 6 nitrogen and oxygen atoms in total. The maximum atomic E-state index is 12.3. The molecule has 1 saturated heterocycles. The summed E-state index contributed by atoms with van der Waals surface area (Å²) in [6.45, 7) is 0.0154. The normalized spacial score (nSPS) is 16.5. The lowest BCUT2D eigenvalue weighted by molar-refractivity contribution is -0.135. The van der Waals surface area contributed by atoms with Crippen LogP contribution in [0.2, 0.25) is 0 Å². The Bertz CT molecular complexity index is 781. The van der Waals surface area contributed by atoms with Crippen molar-refractivity contribution in [3.05, 3.63) is 71.8 Å². The van der Waals surface area contributed by atoms with Gasteiger partial charge in [0, 0.05) is 11.5 Å². The first kappa shape index (κ1) is 18.0. The van der Waals surface area contributed by atoms with Gasteiger partial charge in [-0.25, -0.2) is 14.4 Å². The van der Waals surface area contributed by atoms with Gasteiger partial charge in [-0.2, -0.15) is 16.7 Å². The first-order valence-electron chi connectivity index (χ1n) is 8.02. The summed E-state index contributed by atoms with van der Waals surface area (Å²) in [6, 6.07) is 17.8. The molecule has 1 aliphatic rings. The molecule has 2 amide bonds. The minimum atomic E-state index is -0.988. The van der Waals surface area contributed by atoms with Gasteiger partial charge in [-0.3, -0.25) is 0 Å². The van der Waals surface area contributed by atoms with Gasteiger partial charge < -0.3 is 9.47 Å². The molecule has 0 bridgehead atoms. The lowest BCUT2D eigenvalue weighted by Gasteiger charge is -2.17. The van der Waals surface area contributed by atoms with E-state index in [1.54, 1.807) is 12.1 Å². The molecule has 134 valence electrons. The van der Waals surface area contributed by atoms with Crippen molar-refractivity contribution < 1.29 is 23.9 Å². The maximum absolute atomic E-state index is 12.3. The molecular formula is C19H17NO5S. The molecule has 7 heteroatoms. The third kappa shape index (κ3) is 4.43. The van der Waals surface area contributed by atoms with Crippen LogP contribution in [0.4, 0.5) is 9.59 Å². The van der Waals surface area contributed by atoms with Crippen LogP contribution >= 0.6 is 11.8 Å². The predicted octanol–water partition coefficient (Wildman–Crippen LogP) is 3.60. The largest absolute Gasteiger partial charge is 0.444 e. The molecule has 0 unspecified atom stereocenters. The van der Waals surface area contributed by atoms with Crippen LogP contribution in [-0.2, 0) is 26.6 Å². The number of cyclic esters (lactones) is 2. The number of carbonyl (C=O) groups is 3. The van der Waals surface area contributed by atoms with Crippen molar-refractivity contribution in [1.82, 2.24) is 4.90 Å². The van der Waals surface area contributed by atoms with Gasteiger partial charge in [-0.05, 0) is 11.1 Å². The third-order valence-corrected chi connectivity index (χ3v) is 4.85. The summed E-state index contributed by atoms with van der Waals surface area (Å²) >= 11 is 1.44. The number of esters is 1. The Morgan fingerprint density at radius 2 is 1.62 bits per heavy atom. The number of ether oxygens (including phenoxy) is 2. The summed E-state index contributed by atoms with van der Waals surface area (Å²) in [5.41, 5.74) is 1.88. The fraction of sp³-hybridized carbons (Fsp3) is 0.211. The molecule has 3 rings (SSSR count). The molecule has 0 radical (unpaired) electrons. The molecule has 2 aromatic carbocycles. The van der Waals surface area contributed by atoms with Crippen molar-refractivity contribution in [2.24, 2.45) is 0 Å².